The number of methoxy groups -OCH3 is 1. The molecule has 16 heavy (non-hydrogen) atoms. The summed E-state index contributed by atoms with van der Waals surface area (Å²) in [5.41, 5.74) is 7.51. The first-order valence-corrected chi connectivity index (χ1v) is 5.91. The van der Waals surface area contributed by atoms with Crippen molar-refractivity contribution in [2.45, 2.75) is 6.42 Å². The maximum atomic E-state index is 5.52. The van der Waals surface area contributed by atoms with E-state index >= 15 is 0 Å². The average Bonchev–Trinajstić information content (AvgIpc) is 2.78. The summed E-state index contributed by atoms with van der Waals surface area (Å²) in [5.74, 6) is 0.854. The molecule has 0 saturated carbocycles. The lowest BCUT2D eigenvalue weighted by atomic mass is 10.1. The predicted octanol–water partition coefficient (Wildman–Crippen LogP) is 2.32. The number of rotatable bonds is 4. The van der Waals surface area contributed by atoms with Crippen LogP contribution in [0.3, 0.4) is 0 Å². The quantitative estimate of drug-likeness (QED) is 0.883. The Morgan fingerprint density at radius 3 is 2.94 bits per heavy atom. The summed E-state index contributed by atoms with van der Waals surface area (Å²) < 4.78 is 9.73. The van der Waals surface area contributed by atoms with E-state index in [4.69, 9.17) is 10.5 Å². The Hall–Kier alpha value is -1.39. The fourth-order valence-corrected chi connectivity index (χ4v) is 2.30. The molecule has 0 aliphatic heterocycles. The van der Waals surface area contributed by atoms with Gasteiger partial charge in [0.1, 0.15) is 5.75 Å². The Morgan fingerprint density at radius 1 is 1.38 bits per heavy atom. The van der Waals surface area contributed by atoms with Crippen molar-refractivity contribution < 1.29 is 4.74 Å². The van der Waals surface area contributed by atoms with Crippen LogP contribution in [0.5, 0.6) is 5.75 Å². The second kappa shape index (κ2) is 5.09. The molecule has 3 nitrogen and oxygen atoms in total. The summed E-state index contributed by atoms with van der Waals surface area (Å²) in [6.07, 6.45) is 0.882. The Balaban J connectivity index is 2.34. The SMILES string of the molecule is COc1ccccc1-c1cc(CCN)sn1. The first kappa shape index (κ1) is 11.1. The third-order valence-corrected chi connectivity index (χ3v) is 3.18. The van der Waals surface area contributed by atoms with Crippen molar-refractivity contribution in [3.8, 4) is 17.0 Å². The van der Waals surface area contributed by atoms with Crippen molar-refractivity contribution in [1.82, 2.24) is 4.37 Å². The van der Waals surface area contributed by atoms with Gasteiger partial charge in [0.25, 0.3) is 0 Å². The zero-order chi connectivity index (χ0) is 11.4. The number of nitrogens with zero attached hydrogens (tertiary/aromatic N) is 1. The molecule has 2 aromatic rings. The summed E-state index contributed by atoms with van der Waals surface area (Å²) in [6.45, 7) is 0.660. The highest BCUT2D eigenvalue weighted by molar-refractivity contribution is 7.06. The molecule has 0 spiro atoms. The summed E-state index contributed by atoms with van der Waals surface area (Å²) in [5, 5.41) is 0. The first-order valence-electron chi connectivity index (χ1n) is 5.14. The van der Waals surface area contributed by atoms with E-state index in [9.17, 15) is 0 Å². The van der Waals surface area contributed by atoms with E-state index in [2.05, 4.69) is 10.4 Å². The first-order chi connectivity index (χ1) is 7.85. The zero-order valence-corrected chi connectivity index (χ0v) is 9.96. The van der Waals surface area contributed by atoms with Crippen molar-refractivity contribution in [3.63, 3.8) is 0 Å². The van der Waals surface area contributed by atoms with Crippen LogP contribution in [0.25, 0.3) is 11.3 Å². The summed E-state index contributed by atoms with van der Waals surface area (Å²) in [7, 11) is 1.67. The molecule has 0 aliphatic rings. The van der Waals surface area contributed by atoms with E-state index in [0.717, 1.165) is 23.4 Å². The van der Waals surface area contributed by atoms with Gasteiger partial charge in [-0.1, -0.05) is 12.1 Å². The number of hydrogen-bond donors (Lipinski definition) is 1. The maximum Gasteiger partial charge on any atom is 0.128 e. The molecule has 2 rings (SSSR count). The van der Waals surface area contributed by atoms with Gasteiger partial charge in [0.05, 0.1) is 12.8 Å². The van der Waals surface area contributed by atoms with Crippen molar-refractivity contribution in [1.29, 1.82) is 0 Å². The number of nitrogens with two attached hydrogens (primary N) is 1. The molecule has 0 bridgehead atoms. The van der Waals surface area contributed by atoms with Gasteiger partial charge < -0.3 is 10.5 Å². The normalized spacial score (nSPS) is 10.4. The highest BCUT2D eigenvalue weighted by atomic mass is 32.1. The number of hydrogen-bond acceptors (Lipinski definition) is 4. The second-order valence-corrected chi connectivity index (χ2v) is 4.31. The van der Waals surface area contributed by atoms with Gasteiger partial charge in [-0.05, 0) is 42.7 Å². The molecule has 0 aliphatic carbocycles. The average molecular weight is 234 g/mol. The lowest BCUT2D eigenvalue weighted by Gasteiger charge is -2.04. The number of para-hydroxylation sites is 1. The minimum absolute atomic E-state index is 0.660. The van der Waals surface area contributed by atoms with Crippen LogP contribution in [-0.2, 0) is 6.42 Å². The predicted molar refractivity (Wildman–Crippen MR) is 66.9 cm³/mol. The summed E-state index contributed by atoms with van der Waals surface area (Å²) >= 11 is 1.50. The molecule has 84 valence electrons. The highest BCUT2D eigenvalue weighted by Gasteiger charge is 2.08. The summed E-state index contributed by atoms with van der Waals surface area (Å²) in [6, 6.07) is 9.97. The van der Waals surface area contributed by atoms with Gasteiger partial charge in [0.2, 0.25) is 0 Å². The number of ether oxygens (including phenoxy) is 1. The van der Waals surface area contributed by atoms with Crippen LogP contribution in [0, 0.1) is 0 Å². The van der Waals surface area contributed by atoms with Crippen LogP contribution in [0.1, 0.15) is 4.88 Å². The van der Waals surface area contributed by atoms with Crippen molar-refractivity contribution >= 4 is 11.5 Å². The molecule has 4 heteroatoms. The Kier molecular flexibility index (Phi) is 3.54. The van der Waals surface area contributed by atoms with Gasteiger partial charge in [0, 0.05) is 10.4 Å². The van der Waals surface area contributed by atoms with E-state index in [1.165, 1.54) is 16.4 Å². The van der Waals surface area contributed by atoms with Crippen molar-refractivity contribution in [2.24, 2.45) is 5.73 Å². The minimum atomic E-state index is 0.660. The second-order valence-electron chi connectivity index (χ2n) is 3.42. The van der Waals surface area contributed by atoms with Crippen LogP contribution < -0.4 is 10.5 Å². The molecule has 1 aromatic heterocycles. The maximum absolute atomic E-state index is 5.52. The Labute approximate surface area is 99.0 Å². The largest absolute Gasteiger partial charge is 0.496 e. The van der Waals surface area contributed by atoms with Crippen LogP contribution >= 0.6 is 11.5 Å². The standard InChI is InChI=1S/C12H14N2OS/c1-15-12-5-3-2-4-10(12)11-8-9(6-7-13)16-14-11/h2-5,8H,6-7,13H2,1H3. The van der Waals surface area contributed by atoms with E-state index in [1.54, 1.807) is 7.11 Å². The van der Waals surface area contributed by atoms with E-state index in [-0.39, 0.29) is 0 Å². The smallest absolute Gasteiger partial charge is 0.128 e. The van der Waals surface area contributed by atoms with Crippen LogP contribution in [0.15, 0.2) is 30.3 Å². The van der Waals surface area contributed by atoms with E-state index < -0.39 is 0 Å². The van der Waals surface area contributed by atoms with E-state index in [0.29, 0.717) is 6.54 Å². The molecule has 2 N–H and O–H groups in total. The third kappa shape index (κ3) is 2.23. The van der Waals surface area contributed by atoms with Crippen LogP contribution in [0.4, 0.5) is 0 Å². The fraction of sp³-hybridized carbons (Fsp3) is 0.250. The molecule has 0 saturated heterocycles. The molecular formula is C12H14N2OS. The van der Waals surface area contributed by atoms with Gasteiger partial charge in [-0.2, -0.15) is 4.37 Å². The molecule has 1 aromatic carbocycles. The molecule has 0 amide bonds. The molecule has 0 fully saturated rings. The highest BCUT2D eigenvalue weighted by Crippen LogP contribution is 2.30. The lowest BCUT2D eigenvalue weighted by Crippen LogP contribution is -2.00. The number of aromatic nitrogens is 1. The van der Waals surface area contributed by atoms with Crippen LogP contribution in [-0.4, -0.2) is 18.0 Å². The topological polar surface area (TPSA) is 48.1 Å². The fourth-order valence-electron chi connectivity index (χ4n) is 1.56. The van der Waals surface area contributed by atoms with Gasteiger partial charge in [-0.15, -0.1) is 0 Å². The molecule has 0 atom stereocenters. The van der Waals surface area contributed by atoms with E-state index in [1.807, 2.05) is 24.3 Å². The Morgan fingerprint density at radius 2 is 2.19 bits per heavy atom. The van der Waals surface area contributed by atoms with Crippen molar-refractivity contribution in [3.05, 3.63) is 35.2 Å². The summed E-state index contributed by atoms with van der Waals surface area (Å²) in [4.78, 5) is 1.21. The monoisotopic (exact) mass is 234 g/mol. The molecular weight excluding hydrogens is 220 g/mol. The van der Waals surface area contributed by atoms with Gasteiger partial charge in [-0.25, -0.2) is 0 Å². The Bertz CT molecular complexity index is 468. The third-order valence-electron chi connectivity index (χ3n) is 2.33. The lowest BCUT2D eigenvalue weighted by molar-refractivity contribution is 0.416. The van der Waals surface area contributed by atoms with Gasteiger partial charge in [0.15, 0.2) is 0 Å². The van der Waals surface area contributed by atoms with Crippen molar-refractivity contribution in [2.75, 3.05) is 13.7 Å². The van der Waals surface area contributed by atoms with Crippen LogP contribution in [0.2, 0.25) is 0 Å². The minimum Gasteiger partial charge on any atom is -0.496 e. The molecule has 0 unspecified atom stereocenters. The molecule has 1 heterocycles. The van der Waals surface area contributed by atoms with Gasteiger partial charge >= 0.3 is 0 Å². The van der Waals surface area contributed by atoms with Gasteiger partial charge in [-0.3, -0.25) is 0 Å². The molecule has 0 radical (unpaired) electrons. The zero-order valence-electron chi connectivity index (χ0n) is 9.14. The number of benzene rings is 1.